The van der Waals surface area contributed by atoms with Crippen LogP contribution in [-0.4, -0.2) is 35.8 Å². The lowest BCUT2D eigenvalue weighted by Gasteiger charge is -2.35. The first-order chi connectivity index (χ1) is 8.99. The minimum Gasteiger partial charge on any atom is -0.377 e. The monoisotopic (exact) mass is 282 g/mol. The van der Waals surface area contributed by atoms with Crippen LogP contribution < -0.4 is 10.2 Å². The van der Waals surface area contributed by atoms with Crippen LogP contribution in [0.15, 0.2) is 0 Å². The van der Waals surface area contributed by atoms with E-state index in [-0.39, 0.29) is 5.54 Å². The fraction of sp³-hybridized carbons (Fsp3) is 0.692. The lowest BCUT2D eigenvalue weighted by molar-refractivity contribution is 0.0984. The highest BCUT2D eigenvalue weighted by Crippen LogP contribution is 2.35. The number of nitrogens with zero attached hydrogens (tertiary/aromatic N) is 3. The number of fused-ring (bicyclic) bond motifs is 1. The Bertz CT molecular complexity index is 506. The molecule has 1 atom stereocenters. The van der Waals surface area contributed by atoms with E-state index in [1.807, 2.05) is 0 Å². The van der Waals surface area contributed by atoms with Crippen molar-refractivity contribution in [3.05, 3.63) is 16.5 Å². The van der Waals surface area contributed by atoms with Crippen molar-refractivity contribution in [3.8, 4) is 0 Å². The van der Waals surface area contributed by atoms with Gasteiger partial charge in [-0.1, -0.05) is 0 Å². The van der Waals surface area contributed by atoms with Gasteiger partial charge in [0.1, 0.15) is 5.82 Å². The summed E-state index contributed by atoms with van der Waals surface area (Å²) < 4.78 is 5.49. The molecular weight excluding hydrogens is 264 g/mol. The first-order valence-corrected chi connectivity index (χ1v) is 7.03. The fourth-order valence-electron chi connectivity index (χ4n) is 2.80. The number of morpholine rings is 1. The zero-order chi connectivity index (χ0) is 13.6. The Morgan fingerprint density at radius 2 is 2.21 bits per heavy atom. The predicted molar refractivity (Wildman–Crippen MR) is 74.5 cm³/mol. The van der Waals surface area contributed by atoms with Gasteiger partial charge in [0.2, 0.25) is 5.28 Å². The average Bonchev–Trinajstić information content (AvgIpc) is 2.65. The van der Waals surface area contributed by atoms with Crippen molar-refractivity contribution in [2.75, 3.05) is 24.7 Å². The summed E-state index contributed by atoms with van der Waals surface area (Å²) in [5.41, 5.74) is 2.04. The topological polar surface area (TPSA) is 50.3 Å². The van der Waals surface area contributed by atoms with Crippen LogP contribution >= 0.6 is 11.6 Å². The Morgan fingerprint density at radius 1 is 1.42 bits per heavy atom. The van der Waals surface area contributed by atoms with Gasteiger partial charge in [-0.25, -0.2) is 9.97 Å². The van der Waals surface area contributed by atoms with E-state index in [2.05, 4.69) is 41.0 Å². The molecule has 1 fully saturated rings. The molecular formula is C13H19ClN4O. The van der Waals surface area contributed by atoms with Crippen molar-refractivity contribution < 1.29 is 4.74 Å². The SMILES string of the molecule is C[C@@H]1COCCN1c1nc(Cl)nc2c1CNC2(C)C. The highest BCUT2D eigenvalue weighted by atomic mass is 35.5. The number of aromatic nitrogens is 2. The van der Waals surface area contributed by atoms with Crippen molar-refractivity contribution >= 4 is 17.4 Å². The van der Waals surface area contributed by atoms with Crippen molar-refractivity contribution in [3.63, 3.8) is 0 Å². The molecule has 1 saturated heterocycles. The minimum atomic E-state index is -0.147. The van der Waals surface area contributed by atoms with Crippen LogP contribution in [0.1, 0.15) is 32.0 Å². The predicted octanol–water partition coefficient (Wildman–Crippen LogP) is 1.69. The zero-order valence-electron chi connectivity index (χ0n) is 11.5. The van der Waals surface area contributed by atoms with Gasteiger partial charge >= 0.3 is 0 Å². The van der Waals surface area contributed by atoms with Crippen LogP contribution in [0.5, 0.6) is 0 Å². The molecule has 1 N–H and O–H groups in total. The summed E-state index contributed by atoms with van der Waals surface area (Å²) >= 11 is 6.11. The summed E-state index contributed by atoms with van der Waals surface area (Å²) in [7, 11) is 0. The molecule has 104 valence electrons. The standard InChI is InChI=1S/C13H19ClN4O/c1-8-7-19-5-4-18(8)11-9-6-15-13(2,3)10(9)16-12(14)17-11/h8,15H,4-7H2,1-3H3/t8-/m1/s1. The van der Waals surface area contributed by atoms with E-state index in [1.165, 1.54) is 5.56 Å². The average molecular weight is 283 g/mol. The van der Waals surface area contributed by atoms with E-state index in [0.717, 1.165) is 37.8 Å². The maximum atomic E-state index is 6.11. The summed E-state index contributed by atoms with van der Waals surface area (Å²) in [6.45, 7) is 9.49. The van der Waals surface area contributed by atoms with Crippen molar-refractivity contribution in [2.45, 2.75) is 38.9 Å². The third-order valence-electron chi connectivity index (χ3n) is 3.90. The van der Waals surface area contributed by atoms with E-state index < -0.39 is 0 Å². The second-order valence-corrected chi connectivity index (χ2v) is 6.08. The van der Waals surface area contributed by atoms with Crippen molar-refractivity contribution in [1.29, 1.82) is 0 Å². The lowest BCUT2D eigenvalue weighted by Crippen LogP contribution is -2.44. The first kappa shape index (κ1) is 13.1. The zero-order valence-corrected chi connectivity index (χ0v) is 12.3. The van der Waals surface area contributed by atoms with E-state index in [0.29, 0.717) is 11.3 Å². The fourth-order valence-corrected chi connectivity index (χ4v) is 2.96. The van der Waals surface area contributed by atoms with Crippen LogP contribution in [0.3, 0.4) is 0 Å². The van der Waals surface area contributed by atoms with E-state index in [1.54, 1.807) is 0 Å². The van der Waals surface area contributed by atoms with Crippen molar-refractivity contribution in [2.24, 2.45) is 0 Å². The minimum absolute atomic E-state index is 0.147. The molecule has 19 heavy (non-hydrogen) atoms. The molecule has 0 radical (unpaired) electrons. The second kappa shape index (κ2) is 4.58. The van der Waals surface area contributed by atoms with Gasteiger partial charge < -0.3 is 15.0 Å². The van der Waals surface area contributed by atoms with Gasteiger partial charge in [-0.2, -0.15) is 0 Å². The Hall–Kier alpha value is -0.910. The number of halogens is 1. The Labute approximate surface area is 118 Å². The quantitative estimate of drug-likeness (QED) is 0.795. The maximum absolute atomic E-state index is 6.11. The summed E-state index contributed by atoms with van der Waals surface area (Å²) in [4.78, 5) is 11.2. The summed E-state index contributed by atoms with van der Waals surface area (Å²) in [5, 5.41) is 3.79. The number of anilines is 1. The van der Waals surface area contributed by atoms with Crippen molar-refractivity contribution in [1.82, 2.24) is 15.3 Å². The number of ether oxygens (including phenoxy) is 1. The second-order valence-electron chi connectivity index (χ2n) is 5.74. The van der Waals surface area contributed by atoms with Gasteiger partial charge in [-0.05, 0) is 32.4 Å². The molecule has 0 amide bonds. The molecule has 3 heterocycles. The van der Waals surface area contributed by atoms with E-state index in [9.17, 15) is 0 Å². The van der Waals surface area contributed by atoms with Gasteiger partial charge in [-0.3, -0.25) is 0 Å². The van der Waals surface area contributed by atoms with Gasteiger partial charge in [0.05, 0.1) is 30.5 Å². The molecule has 0 bridgehead atoms. The van der Waals surface area contributed by atoms with E-state index >= 15 is 0 Å². The maximum Gasteiger partial charge on any atom is 0.224 e. The molecule has 2 aliphatic rings. The Balaban J connectivity index is 2.07. The van der Waals surface area contributed by atoms with Crippen LogP contribution in [0.2, 0.25) is 5.28 Å². The van der Waals surface area contributed by atoms with Gasteiger partial charge in [0, 0.05) is 18.7 Å². The van der Waals surface area contributed by atoms with Crippen LogP contribution in [0.25, 0.3) is 0 Å². The van der Waals surface area contributed by atoms with Gasteiger partial charge in [-0.15, -0.1) is 0 Å². The molecule has 1 aromatic rings. The molecule has 5 nitrogen and oxygen atoms in total. The molecule has 0 saturated carbocycles. The van der Waals surface area contributed by atoms with Gasteiger partial charge in [0.15, 0.2) is 0 Å². The Morgan fingerprint density at radius 3 is 2.95 bits per heavy atom. The number of rotatable bonds is 1. The largest absolute Gasteiger partial charge is 0.377 e. The summed E-state index contributed by atoms with van der Waals surface area (Å²) in [6, 6.07) is 0.313. The normalized spacial score (nSPS) is 25.5. The molecule has 0 aliphatic carbocycles. The highest BCUT2D eigenvalue weighted by Gasteiger charge is 2.36. The molecule has 0 aromatic carbocycles. The molecule has 1 aromatic heterocycles. The van der Waals surface area contributed by atoms with E-state index in [4.69, 9.17) is 16.3 Å². The molecule has 6 heteroatoms. The number of hydrogen-bond donors (Lipinski definition) is 1. The summed E-state index contributed by atoms with van der Waals surface area (Å²) in [6.07, 6.45) is 0. The van der Waals surface area contributed by atoms with Crippen LogP contribution in [0, 0.1) is 0 Å². The first-order valence-electron chi connectivity index (χ1n) is 6.65. The summed E-state index contributed by atoms with van der Waals surface area (Å²) in [5.74, 6) is 0.962. The third kappa shape index (κ3) is 2.20. The molecule has 2 aliphatic heterocycles. The Kier molecular flexibility index (Phi) is 3.15. The van der Waals surface area contributed by atoms with Crippen LogP contribution in [0.4, 0.5) is 5.82 Å². The van der Waals surface area contributed by atoms with Crippen LogP contribution in [-0.2, 0) is 16.8 Å². The molecule has 0 spiro atoms. The number of hydrogen-bond acceptors (Lipinski definition) is 5. The number of nitrogens with one attached hydrogen (secondary N) is 1. The van der Waals surface area contributed by atoms with Gasteiger partial charge in [0.25, 0.3) is 0 Å². The third-order valence-corrected chi connectivity index (χ3v) is 4.07. The smallest absolute Gasteiger partial charge is 0.224 e. The lowest BCUT2D eigenvalue weighted by atomic mass is 10.0. The molecule has 3 rings (SSSR count). The highest BCUT2D eigenvalue weighted by molar-refractivity contribution is 6.28. The molecule has 0 unspecified atom stereocenters.